The zero-order chi connectivity index (χ0) is 18.0. The molecule has 0 radical (unpaired) electrons. The van der Waals surface area contributed by atoms with Crippen molar-refractivity contribution in [2.75, 3.05) is 4.72 Å². The molecule has 0 fully saturated rings. The predicted molar refractivity (Wildman–Crippen MR) is 100 cm³/mol. The monoisotopic (exact) mass is 373 g/mol. The van der Waals surface area contributed by atoms with Gasteiger partial charge in [0.15, 0.2) is 5.03 Å². The summed E-state index contributed by atoms with van der Waals surface area (Å²) in [6, 6.07) is 13.7. The standard InChI is InChI=1S/C18H19N3O2S2/c1-13-4-9-17(14(2)10-13)24-16-7-5-15(6-8-16)20-25(22,23)18-11-21(3)12-19-18/h4-12,20H,1-3H3. The summed E-state index contributed by atoms with van der Waals surface area (Å²) in [5.74, 6) is 0. The van der Waals surface area contributed by atoms with Crippen molar-refractivity contribution in [3.63, 3.8) is 0 Å². The molecule has 3 rings (SSSR count). The van der Waals surface area contributed by atoms with Crippen LogP contribution in [0.25, 0.3) is 0 Å². The lowest BCUT2D eigenvalue weighted by atomic mass is 10.2. The quantitative estimate of drug-likeness (QED) is 0.734. The normalized spacial score (nSPS) is 11.5. The molecule has 0 aliphatic rings. The molecular weight excluding hydrogens is 354 g/mol. The predicted octanol–water partition coefficient (Wildman–Crippen LogP) is 3.99. The number of nitrogens with one attached hydrogen (secondary N) is 1. The molecule has 0 aliphatic carbocycles. The van der Waals surface area contributed by atoms with Crippen LogP contribution in [-0.4, -0.2) is 18.0 Å². The molecule has 0 unspecified atom stereocenters. The summed E-state index contributed by atoms with van der Waals surface area (Å²) in [4.78, 5) is 6.12. The number of nitrogens with zero attached hydrogens (tertiary/aromatic N) is 2. The number of aryl methyl sites for hydroxylation is 3. The van der Waals surface area contributed by atoms with Gasteiger partial charge in [-0.25, -0.2) is 4.98 Å². The number of anilines is 1. The van der Waals surface area contributed by atoms with Crippen molar-refractivity contribution < 1.29 is 8.42 Å². The third-order valence-electron chi connectivity index (χ3n) is 3.62. The van der Waals surface area contributed by atoms with Crippen LogP contribution in [0.2, 0.25) is 0 Å². The Morgan fingerprint density at radius 1 is 1.08 bits per heavy atom. The van der Waals surface area contributed by atoms with Crippen molar-refractivity contribution in [1.29, 1.82) is 0 Å². The molecule has 25 heavy (non-hydrogen) atoms. The molecule has 2 aromatic carbocycles. The fourth-order valence-electron chi connectivity index (χ4n) is 2.37. The van der Waals surface area contributed by atoms with Crippen molar-refractivity contribution in [1.82, 2.24) is 9.55 Å². The van der Waals surface area contributed by atoms with Gasteiger partial charge in [-0.2, -0.15) is 8.42 Å². The Morgan fingerprint density at radius 3 is 2.40 bits per heavy atom. The highest BCUT2D eigenvalue weighted by molar-refractivity contribution is 7.99. The van der Waals surface area contributed by atoms with Gasteiger partial charge < -0.3 is 4.57 Å². The number of hydrogen-bond donors (Lipinski definition) is 1. The van der Waals surface area contributed by atoms with Gasteiger partial charge in [0, 0.05) is 28.7 Å². The number of hydrogen-bond acceptors (Lipinski definition) is 4. The van der Waals surface area contributed by atoms with E-state index in [1.807, 2.05) is 12.1 Å². The minimum Gasteiger partial charge on any atom is -0.339 e. The van der Waals surface area contributed by atoms with E-state index in [9.17, 15) is 8.42 Å². The summed E-state index contributed by atoms with van der Waals surface area (Å²) in [5.41, 5.74) is 2.97. The van der Waals surface area contributed by atoms with Gasteiger partial charge >= 0.3 is 0 Å². The van der Waals surface area contributed by atoms with Crippen molar-refractivity contribution in [3.8, 4) is 0 Å². The number of imidazole rings is 1. The maximum Gasteiger partial charge on any atom is 0.280 e. The maximum absolute atomic E-state index is 12.3. The first-order valence-electron chi connectivity index (χ1n) is 7.69. The second-order valence-corrected chi connectivity index (χ2v) is 8.62. The average Bonchev–Trinajstić information content (AvgIpc) is 2.99. The summed E-state index contributed by atoms with van der Waals surface area (Å²) in [6.45, 7) is 4.16. The van der Waals surface area contributed by atoms with Crippen LogP contribution in [0.1, 0.15) is 11.1 Å². The molecule has 0 bridgehead atoms. The van der Waals surface area contributed by atoms with Crippen LogP contribution in [0, 0.1) is 13.8 Å². The van der Waals surface area contributed by atoms with Gasteiger partial charge in [0.2, 0.25) is 0 Å². The van der Waals surface area contributed by atoms with Gasteiger partial charge in [-0.3, -0.25) is 4.72 Å². The molecule has 0 atom stereocenters. The number of sulfonamides is 1. The van der Waals surface area contributed by atoms with Crippen molar-refractivity contribution >= 4 is 27.5 Å². The van der Waals surface area contributed by atoms with Crippen LogP contribution in [0.3, 0.4) is 0 Å². The Bertz CT molecular complexity index is 993. The minimum atomic E-state index is -3.66. The average molecular weight is 374 g/mol. The van der Waals surface area contributed by atoms with E-state index in [4.69, 9.17) is 0 Å². The molecule has 0 saturated carbocycles. The van der Waals surface area contributed by atoms with Crippen LogP contribution in [0.15, 0.2) is 69.8 Å². The lowest BCUT2D eigenvalue weighted by Gasteiger charge is -2.09. The Kier molecular flexibility index (Phi) is 4.87. The van der Waals surface area contributed by atoms with E-state index in [-0.39, 0.29) is 5.03 Å². The third kappa shape index (κ3) is 4.24. The van der Waals surface area contributed by atoms with E-state index in [1.165, 1.54) is 28.5 Å². The van der Waals surface area contributed by atoms with Crippen LogP contribution >= 0.6 is 11.8 Å². The lowest BCUT2D eigenvalue weighted by Crippen LogP contribution is -2.13. The Labute approximate surface area is 152 Å². The molecule has 0 spiro atoms. The molecule has 5 nitrogen and oxygen atoms in total. The Morgan fingerprint density at radius 2 is 1.80 bits per heavy atom. The second-order valence-electron chi connectivity index (χ2n) is 5.88. The molecule has 1 N–H and O–H groups in total. The largest absolute Gasteiger partial charge is 0.339 e. The number of rotatable bonds is 5. The molecule has 1 heterocycles. The van der Waals surface area contributed by atoms with Gasteiger partial charge in [0.1, 0.15) is 0 Å². The zero-order valence-corrected chi connectivity index (χ0v) is 15.9. The van der Waals surface area contributed by atoms with E-state index in [1.54, 1.807) is 35.5 Å². The highest BCUT2D eigenvalue weighted by Gasteiger charge is 2.17. The van der Waals surface area contributed by atoms with Crippen molar-refractivity contribution in [3.05, 3.63) is 66.1 Å². The van der Waals surface area contributed by atoms with Gasteiger partial charge in [-0.1, -0.05) is 29.5 Å². The molecule has 0 aliphatic heterocycles. The number of benzene rings is 2. The van der Waals surface area contributed by atoms with Crippen molar-refractivity contribution in [2.45, 2.75) is 28.7 Å². The molecule has 3 aromatic rings. The molecule has 0 saturated heterocycles. The first-order valence-corrected chi connectivity index (χ1v) is 9.99. The minimum absolute atomic E-state index is 0.00346. The highest BCUT2D eigenvalue weighted by atomic mass is 32.2. The highest BCUT2D eigenvalue weighted by Crippen LogP contribution is 2.31. The summed E-state index contributed by atoms with van der Waals surface area (Å²) in [7, 11) is -1.94. The van der Waals surface area contributed by atoms with Gasteiger partial charge in [0.25, 0.3) is 10.0 Å². The summed E-state index contributed by atoms with van der Waals surface area (Å²) >= 11 is 1.66. The van der Waals surface area contributed by atoms with Crippen LogP contribution in [0.5, 0.6) is 0 Å². The van der Waals surface area contributed by atoms with Gasteiger partial charge in [-0.05, 0) is 49.7 Å². The van der Waals surface area contributed by atoms with Crippen LogP contribution in [0.4, 0.5) is 5.69 Å². The Balaban J connectivity index is 1.74. The van der Waals surface area contributed by atoms with E-state index in [0.717, 1.165) is 4.90 Å². The summed E-state index contributed by atoms with van der Waals surface area (Å²) in [6.07, 6.45) is 2.92. The molecule has 7 heteroatoms. The van der Waals surface area contributed by atoms with E-state index < -0.39 is 10.0 Å². The van der Waals surface area contributed by atoms with Crippen LogP contribution < -0.4 is 4.72 Å². The molecule has 0 amide bonds. The third-order valence-corrected chi connectivity index (χ3v) is 6.07. The van der Waals surface area contributed by atoms with E-state index in [2.05, 4.69) is 41.8 Å². The van der Waals surface area contributed by atoms with Crippen LogP contribution in [-0.2, 0) is 17.1 Å². The molecule has 130 valence electrons. The first kappa shape index (κ1) is 17.6. The Hall–Kier alpha value is -2.25. The van der Waals surface area contributed by atoms with Crippen molar-refractivity contribution in [2.24, 2.45) is 7.05 Å². The lowest BCUT2D eigenvalue weighted by molar-refractivity contribution is 0.598. The zero-order valence-electron chi connectivity index (χ0n) is 14.2. The SMILES string of the molecule is Cc1ccc(Sc2ccc(NS(=O)(=O)c3cn(C)cn3)cc2)c(C)c1. The fraction of sp³-hybridized carbons (Fsp3) is 0.167. The first-order chi connectivity index (χ1) is 11.8. The summed E-state index contributed by atoms with van der Waals surface area (Å²) in [5, 5.41) is 0.00346. The van der Waals surface area contributed by atoms with E-state index >= 15 is 0 Å². The summed E-state index contributed by atoms with van der Waals surface area (Å²) < 4.78 is 28.7. The fourth-order valence-corrected chi connectivity index (χ4v) is 4.29. The topological polar surface area (TPSA) is 64.0 Å². The van der Waals surface area contributed by atoms with Gasteiger partial charge in [-0.15, -0.1) is 0 Å². The maximum atomic E-state index is 12.3. The molecular formula is C18H19N3O2S2. The molecule has 1 aromatic heterocycles. The van der Waals surface area contributed by atoms with Gasteiger partial charge in [0.05, 0.1) is 6.33 Å². The van der Waals surface area contributed by atoms with E-state index in [0.29, 0.717) is 5.69 Å². The smallest absolute Gasteiger partial charge is 0.280 e. The second kappa shape index (κ2) is 6.93. The number of aromatic nitrogens is 2.